The fraction of sp³-hybridized carbons (Fsp3) is 0.367. The quantitative estimate of drug-likeness (QED) is 0.492. The van der Waals surface area contributed by atoms with Gasteiger partial charge in [0.15, 0.2) is 0 Å². The molecule has 0 radical (unpaired) electrons. The second-order valence-corrected chi connectivity index (χ2v) is 11.3. The molecule has 1 atom stereocenters. The monoisotopic (exact) mass is 535 g/mol. The number of benzene rings is 2. The highest BCUT2D eigenvalue weighted by molar-refractivity contribution is 6.06. The Kier molecular flexibility index (Phi) is 5.71. The van der Waals surface area contributed by atoms with Gasteiger partial charge >= 0.3 is 0 Å². The number of anilines is 1. The van der Waals surface area contributed by atoms with Gasteiger partial charge in [-0.1, -0.05) is 6.07 Å². The van der Waals surface area contributed by atoms with Crippen LogP contribution in [0.3, 0.4) is 0 Å². The number of aromatic nitrogens is 2. The zero-order valence-electron chi connectivity index (χ0n) is 22.0. The van der Waals surface area contributed by atoms with Crippen LogP contribution < -0.4 is 10.6 Å². The van der Waals surface area contributed by atoms with Gasteiger partial charge in [-0.25, -0.2) is 4.68 Å². The molecular weight excluding hydrogens is 506 g/mol. The van der Waals surface area contributed by atoms with Crippen LogP contribution in [0.2, 0.25) is 0 Å². The number of likely N-dealkylation sites (tertiary alicyclic amines) is 1. The van der Waals surface area contributed by atoms with Crippen molar-refractivity contribution in [3.05, 3.63) is 76.6 Å². The van der Waals surface area contributed by atoms with E-state index in [0.717, 1.165) is 61.5 Å². The number of fused-ring (bicyclic) bond motifs is 4. The molecule has 2 aromatic carbocycles. The molecule has 10 heteroatoms. The van der Waals surface area contributed by atoms with Gasteiger partial charge in [0.05, 0.1) is 23.5 Å². The first-order valence-electron chi connectivity index (χ1n) is 13.8. The maximum absolute atomic E-state index is 13.2. The van der Waals surface area contributed by atoms with Crippen molar-refractivity contribution in [1.82, 2.24) is 24.9 Å². The van der Waals surface area contributed by atoms with E-state index in [0.29, 0.717) is 24.1 Å². The molecule has 4 aliphatic heterocycles. The molecule has 10 nitrogen and oxygen atoms in total. The number of hydrogen-bond acceptors (Lipinski definition) is 7. The lowest BCUT2D eigenvalue weighted by Gasteiger charge is -2.39. The zero-order valence-corrected chi connectivity index (χ0v) is 22.0. The van der Waals surface area contributed by atoms with Gasteiger partial charge in [-0.05, 0) is 68.2 Å². The van der Waals surface area contributed by atoms with Gasteiger partial charge in [-0.3, -0.25) is 24.6 Å². The van der Waals surface area contributed by atoms with Gasteiger partial charge in [0.1, 0.15) is 6.04 Å². The van der Waals surface area contributed by atoms with Crippen LogP contribution in [-0.4, -0.2) is 63.0 Å². The van der Waals surface area contributed by atoms with Gasteiger partial charge < -0.3 is 10.2 Å². The average Bonchev–Trinajstić information content (AvgIpc) is 3.67. The minimum absolute atomic E-state index is 0.0264. The molecule has 1 spiro atoms. The minimum Gasteiger partial charge on any atom is -0.384 e. The van der Waals surface area contributed by atoms with Crippen molar-refractivity contribution < 1.29 is 14.4 Å². The number of nitrogens with one attached hydrogen (secondary N) is 2. The summed E-state index contributed by atoms with van der Waals surface area (Å²) >= 11 is 0. The van der Waals surface area contributed by atoms with Crippen molar-refractivity contribution in [2.45, 2.75) is 50.2 Å². The number of nitrogens with zero attached hydrogens (tertiary/aromatic N) is 5. The number of nitriles is 1. The van der Waals surface area contributed by atoms with Crippen LogP contribution in [-0.2, 0) is 28.1 Å². The van der Waals surface area contributed by atoms with Crippen molar-refractivity contribution in [3.63, 3.8) is 0 Å². The summed E-state index contributed by atoms with van der Waals surface area (Å²) in [6.45, 7) is 3.98. The van der Waals surface area contributed by atoms with Crippen molar-refractivity contribution in [2.24, 2.45) is 0 Å². The van der Waals surface area contributed by atoms with E-state index in [1.165, 1.54) is 5.56 Å². The highest BCUT2D eigenvalue weighted by Gasteiger charge is 2.46. The molecule has 7 rings (SSSR count). The number of imide groups is 1. The molecular formula is C30H29N7O3. The summed E-state index contributed by atoms with van der Waals surface area (Å²) in [6.07, 6.45) is 6.60. The largest absolute Gasteiger partial charge is 0.384 e. The standard InChI is InChI=1S/C30H29N7O3/c31-13-19-1-3-21(4-2-19)37-16-20(14-33-37)15-35-11-9-30(10-12-35)18-32-27-23-17-36(25-7-8-26(38)34-28(25)39)29(40)22(23)5-6-24(27)30/h1-6,14,16,25,32H,7-12,15,17-18H2,(H,34,38,39)/t25-/m1/s1. The summed E-state index contributed by atoms with van der Waals surface area (Å²) in [5.74, 6) is -0.791. The van der Waals surface area contributed by atoms with E-state index in [1.807, 2.05) is 35.3 Å². The fourth-order valence-corrected chi connectivity index (χ4v) is 6.75. The summed E-state index contributed by atoms with van der Waals surface area (Å²) in [6, 6.07) is 13.0. The first-order chi connectivity index (χ1) is 19.4. The van der Waals surface area contributed by atoms with E-state index in [2.05, 4.69) is 32.8 Å². The van der Waals surface area contributed by atoms with E-state index >= 15 is 0 Å². The van der Waals surface area contributed by atoms with E-state index < -0.39 is 6.04 Å². The lowest BCUT2D eigenvalue weighted by molar-refractivity contribution is -0.136. The Labute approximate surface area is 231 Å². The van der Waals surface area contributed by atoms with E-state index in [4.69, 9.17) is 5.26 Å². The Morgan fingerprint density at radius 2 is 1.88 bits per heavy atom. The average molecular weight is 536 g/mol. The third-order valence-corrected chi connectivity index (χ3v) is 9.01. The molecule has 0 aliphatic carbocycles. The summed E-state index contributed by atoms with van der Waals surface area (Å²) in [4.78, 5) is 41.4. The summed E-state index contributed by atoms with van der Waals surface area (Å²) in [5, 5.41) is 19.6. The van der Waals surface area contributed by atoms with Crippen LogP contribution in [0.4, 0.5) is 5.69 Å². The Balaban J connectivity index is 1.03. The molecule has 202 valence electrons. The van der Waals surface area contributed by atoms with Crippen LogP contribution in [0.5, 0.6) is 0 Å². The molecule has 4 aliphatic rings. The molecule has 2 fully saturated rings. The lowest BCUT2D eigenvalue weighted by atomic mass is 9.73. The van der Waals surface area contributed by atoms with Crippen molar-refractivity contribution in [2.75, 3.05) is 25.0 Å². The Morgan fingerprint density at radius 1 is 1.07 bits per heavy atom. The van der Waals surface area contributed by atoms with E-state index in [-0.39, 0.29) is 29.6 Å². The van der Waals surface area contributed by atoms with Crippen molar-refractivity contribution in [1.29, 1.82) is 5.26 Å². The fourth-order valence-electron chi connectivity index (χ4n) is 6.75. The van der Waals surface area contributed by atoms with Gasteiger partial charge in [0.25, 0.3) is 5.91 Å². The molecule has 40 heavy (non-hydrogen) atoms. The molecule has 0 bridgehead atoms. The van der Waals surface area contributed by atoms with Crippen LogP contribution in [0, 0.1) is 11.3 Å². The number of carbonyl (C=O) groups is 3. The first-order valence-corrected chi connectivity index (χ1v) is 13.8. The summed E-state index contributed by atoms with van der Waals surface area (Å²) in [5.41, 5.74) is 6.69. The SMILES string of the molecule is N#Cc1ccc(-n2cc(CN3CCC4(CC3)CNc3c4ccc4c3CN([C@@H]3CCC(=O)NC3=O)C4=O)cn2)cc1. The lowest BCUT2D eigenvalue weighted by Crippen LogP contribution is -2.52. The van der Waals surface area contributed by atoms with Crippen LogP contribution in [0.25, 0.3) is 5.69 Å². The minimum atomic E-state index is -0.604. The van der Waals surface area contributed by atoms with Crippen molar-refractivity contribution in [3.8, 4) is 11.8 Å². The Bertz CT molecular complexity index is 1580. The predicted molar refractivity (Wildman–Crippen MR) is 145 cm³/mol. The van der Waals surface area contributed by atoms with E-state index in [9.17, 15) is 14.4 Å². The normalized spacial score (nSPS) is 21.6. The molecule has 0 unspecified atom stereocenters. The maximum Gasteiger partial charge on any atom is 0.255 e. The number of hydrogen-bond donors (Lipinski definition) is 2. The second kappa shape index (κ2) is 9.31. The molecule has 1 aromatic heterocycles. The molecule has 2 saturated heterocycles. The Hall–Kier alpha value is -4.49. The third-order valence-electron chi connectivity index (χ3n) is 9.01. The highest BCUT2D eigenvalue weighted by atomic mass is 16.2. The molecule has 2 N–H and O–H groups in total. The number of carbonyl (C=O) groups excluding carboxylic acids is 3. The first kappa shape index (κ1) is 24.5. The van der Waals surface area contributed by atoms with E-state index in [1.54, 1.807) is 17.0 Å². The Morgan fingerprint density at radius 3 is 2.62 bits per heavy atom. The van der Waals surface area contributed by atoms with Gasteiger partial charge in [0, 0.05) is 60.0 Å². The van der Waals surface area contributed by atoms with Crippen molar-refractivity contribution >= 4 is 23.4 Å². The number of piperidine rings is 2. The zero-order chi connectivity index (χ0) is 27.4. The molecule has 5 heterocycles. The molecule has 3 aromatic rings. The summed E-state index contributed by atoms with van der Waals surface area (Å²) in [7, 11) is 0. The van der Waals surface area contributed by atoms with Crippen LogP contribution in [0.1, 0.15) is 58.3 Å². The predicted octanol–water partition coefficient (Wildman–Crippen LogP) is 2.46. The van der Waals surface area contributed by atoms with Gasteiger partial charge in [0.2, 0.25) is 11.8 Å². The summed E-state index contributed by atoms with van der Waals surface area (Å²) < 4.78 is 1.85. The van der Waals surface area contributed by atoms with Crippen LogP contribution >= 0.6 is 0 Å². The molecule has 3 amide bonds. The maximum atomic E-state index is 13.2. The van der Waals surface area contributed by atoms with Crippen LogP contribution in [0.15, 0.2) is 48.8 Å². The van der Waals surface area contributed by atoms with Gasteiger partial charge in [-0.2, -0.15) is 10.4 Å². The second-order valence-electron chi connectivity index (χ2n) is 11.3. The third kappa shape index (κ3) is 3.97. The highest BCUT2D eigenvalue weighted by Crippen LogP contribution is 2.48. The molecule has 0 saturated carbocycles. The number of amides is 3. The number of rotatable bonds is 4. The smallest absolute Gasteiger partial charge is 0.255 e. The topological polar surface area (TPSA) is 123 Å². The van der Waals surface area contributed by atoms with Gasteiger partial charge in [-0.15, -0.1) is 0 Å².